The minimum Gasteiger partial charge on any atom is -0.507 e. The molecule has 1 aromatic heterocycles. The maximum atomic E-state index is 13.7. The first-order valence-corrected chi connectivity index (χ1v) is 16.0. The Hall–Kier alpha value is -3.86. The summed E-state index contributed by atoms with van der Waals surface area (Å²) in [5.74, 6) is 0.151. The van der Waals surface area contributed by atoms with Crippen LogP contribution in [0.15, 0.2) is 76.6 Å². The van der Waals surface area contributed by atoms with E-state index in [0.29, 0.717) is 45.0 Å². The van der Waals surface area contributed by atoms with E-state index < -0.39 is 17.7 Å². The monoisotopic (exact) mass is 633 g/mol. The lowest BCUT2D eigenvalue weighted by atomic mass is 9.94. The fraction of sp³-hybridized carbons (Fsp3) is 0.250. The van der Waals surface area contributed by atoms with Crippen LogP contribution in [0.25, 0.3) is 5.76 Å². The van der Waals surface area contributed by atoms with Gasteiger partial charge in [0.1, 0.15) is 23.4 Å². The number of carbonyl (C=O) groups excluding carboxylic acids is 2. The zero-order chi connectivity index (χ0) is 30.1. The number of hydrogen-bond acceptors (Lipinski definition) is 9. The SMILES string of the molecule is CCCOc1cccc([C@H]2C(=C(O)c3ccc4c(c3)C[C@H](C)O4)C(=O)C(=O)N2c2nnc(SCc3ccc(Cl)cc3)s2)c1. The number of fused-ring (bicyclic) bond motifs is 1. The summed E-state index contributed by atoms with van der Waals surface area (Å²) in [6.07, 6.45) is 1.53. The quantitative estimate of drug-likeness (QED) is 0.0678. The molecule has 3 heterocycles. The van der Waals surface area contributed by atoms with Crippen LogP contribution in [0.3, 0.4) is 0 Å². The van der Waals surface area contributed by atoms with Gasteiger partial charge in [-0.25, -0.2) is 0 Å². The van der Waals surface area contributed by atoms with Crippen molar-refractivity contribution in [1.29, 1.82) is 0 Å². The van der Waals surface area contributed by atoms with Crippen molar-refractivity contribution in [3.05, 3.63) is 99.6 Å². The summed E-state index contributed by atoms with van der Waals surface area (Å²) in [7, 11) is 0. The number of amides is 1. The van der Waals surface area contributed by atoms with Crippen LogP contribution in [0.4, 0.5) is 5.13 Å². The number of rotatable bonds is 9. The smallest absolute Gasteiger partial charge is 0.301 e. The van der Waals surface area contributed by atoms with Gasteiger partial charge in [0.05, 0.1) is 18.2 Å². The first-order chi connectivity index (χ1) is 20.8. The van der Waals surface area contributed by atoms with E-state index in [1.807, 2.05) is 62.4 Å². The standard InChI is InChI=1S/C32H28ClN3O5S2/c1-3-13-40-24-6-4-5-20(16-24)27-26(28(37)21-9-12-25-22(15-21)14-18(2)41-25)29(38)30(39)36(27)31-34-35-32(43-31)42-17-19-7-10-23(33)11-8-19/h4-12,15-16,18,27,37H,3,13-14,17H2,1-2H3/t18-,27-/m0/s1. The van der Waals surface area contributed by atoms with Crippen molar-refractivity contribution in [1.82, 2.24) is 10.2 Å². The number of nitrogens with zero attached hydrogens (tertiary/aromatic N) is 3. The summed E-state index contributed by atoms with van der Waals surface area (Å²) in [6.45, 7) is 4.51. The summed E-state index contributed by atoms with van der Waals surface area (Å²) >= 11 is 8.69. The number of anilines is 1. The van der Waals surface area contributed by atoms with Gasteiger partial charge in [0.15, 0.2) is 4.34 Å². The van der Waals surface area contributed by atoms with E-state index in [-0.39, 0.29) is 22.6 Å². The molecule has 0 radical (unpaired) electrons. The summed E-state index contributed by atoms with van der Waals surface area (Å²) < 4.78 is 12.3. The van der Waals surface area contributed by atoms with Crippen LogP contribution >= 0.6 is 34.7 Å². The van der Waals surface area contributed by atoms with Crippen molar-refractivity contribution in [2.24, 2.45) is 0 Å². The summed E-state index contributed by atoms with van der Waals surface area (Å²) in [5, 5.41) is 21.1. The Morgan fingerprint density at radius 3 is 2.74 bits per heavy atom. The molecule has 2 aliphatic heterocycles. The van der Waals surface area contributed by atoms with Crippen molar-refractivity contribution in [2.75, 3.05) is 11.5 Å². The Labute approximate surface area is 262 Å². The highest BCUT2D eigenvalue weighted by Gasteiger charge is 2.48. The third-order valence-electron chi connectivity index (χ3n) is 7.14. The van der Waals surface area contributed by atoms with Crippen LogP contribution in [-0.2, 0) is 21.8 Å². The number of ether oxygens (including phenoxy) is 2. The average Bonchev–Trinajstić information content (AvgIpc) is 3.70. The van der Waals surface area contributed by atoms with Gasteiger partial charge in [0, 0.05) is 22.8 Å². The first kappa shape index (κ1) is 29.2. The van der Waals surface area contributed by atoms with Gasteiger partial charge in [-0.3, -0.25) is 14.5 Å². The number of benzene rings is 3. The number of aromatic nitrogens is 2. The van der Waals surface area contributed by atoms with Gasteiger partial charge in [-0.1, -0.05) is 65.9 Å². The second kappa shape index (κ2) is 12.4. The summed E-state index contributed by atoms with van der Waals surface area (Å²) in [6, 6.07) is 19.1. The number of Topliss-reactive ketones (excluding diaryl/α,β-unsaturated/α-hetero) is 1. The molecule has 1 fully saturated rings. The minimum absolute atomic E-state index is 0.0184. The van der Waals surface area contributed by atoms with Crippen LogP contribution in [0.1, 0.15) is 48.6 Å². The summed E-state index contributed by atoms with van der Waals surface area (Å²) in [5.41, 5.74) is 3.02. The van der Waals surface area contributed by atoms with Crippen molar-refractivity contribution in [3.63, 3.8) is 0 Å². The van der Waals surface area contributed by atoms with Gasteiger partial charge in [-0.2, -0.15) is 0 Å². The molecule has 0 bridgehead atoms. The van der Waals surface area contributed by atoms with E-state index >= 15 is 0 Å². The molecule has 8 nitrogen and oxygen atoms in total. The van der Waals surface area contributed by atoms with E-state index in [2.05, 4.69) is 10.2 Å². The average molecular weight is 634 g/mol. The molecule has 11 heteroatoms. The normalized spacial score (nSPS) is 19.0. The first-order valence-electron chi connectivity index (χ1n) is 13.9. The van der Waals surface area contributed by atoms with Gasteiger partial charge in [0.2, 0.25) is 5.13 Å². The number of ketones is 1. The van der Waals surface area contributed by atoms with Gasteiger partial charge >= 0.3 is 5.91 Å². The zero-order valence-corrected chi connectivity index (χ0v) is 25.8. The molecule has 0 spiro atoms. The fourth-order valence-electron chi connectivity index (χ4n) is 5.15. The molecule has 6 rings (SSSR count). The number of halogens is 1. The third kappa shape index (κ3) is 6.00. The van der Waals surface area contributed by atoms with Crippen molar-refractivity contribution in [2.45, 2.75) is 48.9 Å². The molecule has 3 aromatic carbocycles. The number of aliphatic hydroxyl groups is 1. The largest absolute Gasteiger partial charge is 0.507 e. The lowest BCUT2D eigenvalue weighted by Gasteiger charge is -2.23. The van der Waals surface area contributed by atoms with Gasteiger partial charge in [-0.15, -0.1) is 10.2 Å². The van der Waals surface area contributed by atoms with Crippen LogP contribution in [0.5, 0.6) is 11.5 Å². The van der Waals surface area contributed by atoms with Gasteiger partial charge < -0.3 is 14.6 Å². The number of aliphatic hydroxyl groups excluding tert-OH is 1. The third-order valence-corrected chi connectivity index (χ3v) is 9.52. The highest BCUT2D eigenvalue weighted by molar-refractivity contribution is 8.00. The fourth-order valence-corrected chi connectivity index (χ4v) is 7.10. The maximum Gasteiger partial charge on any atom is 0.301 e. The molecular formula is C32H28ClN3O5S2. The van der Waals surface area contributed by atoms with Crippen molar-refractivity contribution < 1.29 is 24.2 Å². The Balaban J connectivity index is 1.39. The second-order valence-corrected chi connectivity index (χ2v) is 12.9. The predicted octanol–water partition coefficient (Wildman–Crippen LogP) is 7.22. The van der Waals surface area contributed by atoms with Crippen LogP contribution in [0, 0.1) is 0 Å². The Morgan fingerprint density at radius 2 is 1.95 bits per heavy atom. The molecule has 43 heavy (non-hydrogen) atoms. The molecule has 0 aliphatic carbocycles. The minimum atomic E-state index is -0.935. The number of carbonyl (C=O) groups is 2. The van der Waals surface area contributed by atoms with E-state index in [4.69, 9.17) is 21.1 Å². The highest BCUT2D eigenvalue weighted by Crippen LogP contribution is 2.45. The molecular weight excluding hydrogens is 606 g/mol. The molecule has 1 amide bonds. The van der Waals surface area contributed by atoms with Crippen molar-refractivity contribution in [3.8, 4) is 11.5 Å². The molecule has 0 saturated carbocycles. The molecule has 4 aromatic rings. The van der Waals surface area contributed by atoms with E-state index in [9.17, 15) is 14.7 Å². The van der Waals surface area contributed by atoms with Gasteiger partial charge in [0.25, 0.3) is 5.78 Å². The van der Waals surface area contributed by atoms with E-state index in [0.717, 1.165) is 23.3 Å². The summed E-state index contributed by atoms with van der Waals surface area (Å²) in [4.78, 5) is 28.6. The number of hydrogen-bond donors (Lipinski definition) is 1. The Morgan fingerprint density at radius 1 is 1.14 bits per heavy atom. The van der Waals surface area contributed by atoms with Gasteiger partial charge in [-0.05, 0) is 72.5 Å². The van der Waals surface area contributed by atoms with E-state index in [1.54, 1.807) is 18.2 Å². The highest BCUT2D eigenvalue weighted by atomic mass is 35.5. The second-order valence-electron chi connectivity index (χ2n) is 10.3. The molecule has 0 unspecified atom stereocenters. The van der Waals surface area contributed by atoms with Crippen LogP contribution in [0.2, 0.25) is 5.02 Å². The molecule has 220 valence electrons. The molecule has 1 N–H and O–H groups in total. The zero-order valence-electron chi connectivity index (χ0n) is 23.5. The van der Waals surface area contributed by atoms with E-state index in [1.165, 1.54) is 28.0 Å². The van der Waals surface area contributed by atoms with Crippen LogP contribution in [-0.4, -0.2) is 39.7 Å². The Kier molecular flexibility index (Phi) is 8.43. The Bertz CT molecular complexity index is 1720. The lowest BCUT2D eigenvalue weighted by Crippen LogP contribution is -2.29. The predicted molar refractivity (Wildman–Crippen MR) is 168 cm³/mol. The lowest BCUT2D eigenvalue weighted by molar-refractivity contribution is -0.132. The maximum absolute atomic E-state index is 13.7. The molecule has 2 aliphatic rings. The van der Waals surface area contributed by atoms with Crippen LogP contribution < -0.4 is 14.4 Å². The number of thioether (sulfide) groups is 1. The van der Waals surface area contributed by atoms with Crippen molar-refractivity contribution >= 4 is 57.3 Å². The molecule has 1 saturated heterocycles. The topological polar surface area (TPSA) is 102 Å². The molecule has 2 atom stereocenters.